The molecule has 3 heterocycles. The largest absolute Gasteiger partial charge is 0.369 e. The van der Waals surface area contributed by atoms with Gasteiger partial charge in [-0.2, -0.15) is 0 Å². The number of carbonyl (C=O) groups is 6. The number of rotatable bonds is 12. The lowest BCUT2D eigenvalue weighted by Gasteiger charge is -2.33. The second-order valence-electron chi connectivity index (χ2n) is 16.6. The zero-order chi connectivity index (χ0) is 43.7. The highest BCUT2D eigenvalue weighted by Crippen LogP contribution is 2.25. The van der Waals surface area contributed by atoms with Crippen LogP contribution < -0.4 is 26.6 Å². The molecular formula is C43H63N7O8S. The van der Waals surface area contributed by atoms with E-state index in [0.717, 1.165) is 5.56 Å². The first-order chi connectivity index (χ1) is 27.8. The molecule has 1 fully saturated rings. The third-order valence-corrected chi connectivity index (χ3v) is 12.2. The van der Waals surface area contributed by atoms with Gasteiger partial charge in [-0.1, -0.05) is 62.8 Å². The Bertz CT molecular complexity index is 1750. The Morgan fingerprint density at radius 2 is 1.47 bits per heavy atom. The molecule has 0 spiro atoms. The molecule has 1 aromatic rings. The number of amides is 6. The smallest absolute Gasteiger partial charge is 0.246 e. The van der Waals surface area contributed by atoms with Crippen LogP contribution in [0.4, 0.5) is 0 Å². The molecule has 0 aromatic heterocycles. The summed E-state index contributed by atoms with van der Waals surface area (Å²) in [6.07, 6.45) is 4.06. The number of hydrogen-bond donors (Lipinski definition) is 5. The number of nitrogens with one attached hydrogen (secondary N) is 5. The molecule has 1 unspecified atom stereocenters. The van der Waals surface area contributed by atoms with Gasteiger partial charge in [0.2, 0.25) is 35.4 Å². The summed E-state index contributed by atoms with van der Waals surface area (Å²) < 4.78 is 12.2. The van der Waals surface area contributed by atoms with E-state index < -0.39 is 95.1 Å². The molecule has 2 bridgehead atoms. The molecule has 4 rings (SSSR count). The highest BCUT2D eigenvalue weighted by atomic mass is 32.2. The number of fused-ring (bicyclic) bond motifs is 2. The highest BCUT2D eigenvalue weighted by molar-refractivity contribution is 8.14. The Morgan fingerprint density at radius 1 is 0.847 bits per heavy atom. The van der Waals surface area contributed by atoms with E-state index in [1.807, 2.05) is 37.3 Å². The van der Waals surface area contributed by atoms with Crippen molar-refractivity contribution in [3.63, 3.8) is 0 Å². The van der Waals surface area contributed by atoms with Gasteiger partial charge in [0.05, 0.1) is 35.0 Å². The average molecular weight is 838 g/mol. The molecule has 5 N–H and O–H groups in total. The number of nitrogens with zero attached hydrogens (tertiary/aromatic N) is 2. The fourth-order valence-corrected chi connectivity index (χ4v) is 8.05. The SMILES string of the molecule is C=CC(C)(C)OC[C@@H]1NC(=O)[C@H]([C@@H](C)OC(C)(C)C=C)NC(=O)[C@@H]2CSC(=N2)[C@@H](Cc2ccccc2)NC(=O)[C@@H]2CCCN2C(=O)[C@H](C)NC(=O)C([C@@H](C)CC)NC1=O. The number of carbonyl (C=O) groups excluding carboxylic acids is 6. The first-order valence-electron chi connectivity index (χ1n) is 20.4. The molecule has 59 heavy (non-hydrogen) atoms. The van der Waals surface area contributed by atoms with Crippen LogP contribution in [-0.2, 0) is 44.7 Å². The monoisotopic (exact) mass is 837 g/mol. The van der Waals surface area contributed by atoms with Crippen LogP contribution in [0.5, 0.6) is 0 Å². The lowest BCUT2D eigenvalue weighted by atomic mass is 9.97. The van der Waals surface area contributed by atoms with E-state index in [1.54, 1.807) is 60.6 Å². The Kier molecular flexibility index (Phi) is 16.5. The molecule has 0 radical (unpaired) electrons. The van der Waals surface area contributed by atoms with Crippen LogP contribution in [0.15, 0.2) is 60.6 Å². The third kappa shape index (κ3) is 12.7. The quantitative estimate of drug-likeness (QED) is 0.197. The molecular weight excluding hydrogens is 775 g/mol. The Labute approximate surface area is 352 Å². The summed E-state index contributed by atoms with van der Waals surface area (Å²) in [5, 5.41) is 14.8. The summed E-state index contributed by atoms with van der Waals surface area (Å²) in [4.78, 5) is 90.9. The van der Waals surface area contributed by atoms with Crippen LogP contribution in [0.25, 0.3) is 0 Å². The third-order valence-electron chi connectivity index (χ3n) is 11.0. The fourth-order valence-electron chi connectivity index (χ4n) is 6.95. The van der Waals surface area contributed by atoms with E-state index in [-0.39, 0.29) is 18.3 Å². The second-order valence-corrected chi connectivity index (χ2v) is 17.7. The van der Waals surface area contributed by atoms with Gasteiger partial charge in [0.1, 0.15) is 36.3 Å². The van der Waals surface area contributed by atoms with E-state index in [2.05, 4.69) is 39.7 Å². The van der Waals surface area contributed by atoms with Gasteiger partial charge in [-0.3, -0.25) is 33.8 Å². The molecule has 9 atom stereocenters. The van der Waals surface area contributed by atoms with Crippen molar-refractivity contribution < 1.29 is 38.2 Å². The summed E-state index contributed by atoms with van der Waals surface area (Å²) in [6, 6.07) is 2.39. The van der Waals surface area contributed by atoms with Crippen molar-refractivity contribution in [1.29, 1.82) is 0 Å². The second kappa shape index (κ2) is 20.6. The van der Waals surface area contributed by atoms with Crippen molar-refractivity contribution >= 4 is 52.2 Å². The van der Waals surface area contributed by atoms with Gasteiger partial charge in [0, 0.05) is 12.3 Å². The van der Waals surface area contributed by atoms with Crippen LogP contribution in [0.2, 0.25) is 0 Å². The summed E-state index contributed by atoms with van der Waals surface area (Å²) in [5.74, 6) is -3.61. The van der Waals surface area contributed by atoms with Gasteiger partial charge in [-0.15, -0.1) is 24.9 Å². The summed E-state index contributed by atoms with van der Waals surface area (Å²) in [6.45, 7) is 21.5. The van der Waals surface area contributed by atoms with Crippen LogP contribution in [-0.4, -0.2) is 124 Å². The van der Waals surface area contributed by atoms with Gasteiger partial charge < -0.3 is 41.0 Å². The molecule has 6 amide bonds. The van der Waals surface area contributed by atoms with Gasteiger partial charge in [0.25, 0.3) is 0 Å². The number of hydrogen-bond acceptors (Lipinski definition) is 10. The van der Waals surface area contributed by atoms with E-state index in [0.29, 0.717) is 37.3 Å². The van der Waals surface area contributed by atoms with E-state index >= 15 is 0 Å². The summed E-state index contributed by atoms with van der Waals surface area (Å²) in [5.41, 5.74) is -0.870. The molecule has 3 aliphatic heterocycles. The molecule has 15 nitrogen and oxygen atoms in total. The maximum absolute atomic E-state index is 14.4. The van der Waals surface area contributed by atoms with Gasteiger partial charge >= 0.3 is 0 Å². The van der Waals surface area contributed by atoms with Crippen LogP contribution in [0.1, 0.15) is 80.2 Å². The molecule has 1 aromatic carbocycles. The Balaban J connectivity index is 1.79. The standard InChI is InChI=1S/C43H63N7O8S/c1-11-25(4)33-38(54)44-26(5)41(56)50-21-17-20-32(50)37(53)45-29(22-28-18-15-14-16-19-28)40-47-31(24-59-40)36(52)49-34(27(6)58-43(9,10)13-3)39(55)46-30(35(51)48-33)23-57-42(7,8)12-2/h12-16,18-19,25-27,29-34H,2-3,11,17,20-24H2,1,4-10H3,(H,44,54)(H,45,53)(H,46,55)(H,48,51)(H,49,52)/t25-,26-,27+,29+,30-,31-,32-,33?,34-/m0/s1. The maximum atomic E-state index is 14.4. The summed E-state index contributed by atoms with van der Waals surface area (Å²) in [7, 11) is 0. The molecule has 0 aliphatic carbocycles. The molecule has 1 saturated heterocycles. The zero-order valence-corrected chi connectivity index (χ0v) is 36.5. The number of ether oxygens (including phenoxy) is 2. The van der Waals surface area contributed by atoms with Crippen molar-refractivity contribution in [3.05, 3.63) is 61.2 Å². The fraction of sp³-hybridized carbons (Fsp3) is 0.605. The normalized spacial score (nSPS) is 27.8. The number of aliphatic imine (C=N–C) groups is 1. The predicted molar refractivity (Wildman–Crippen MR) is 228 cm³/mol. The minimum absolute atomic E-state index is 0.238. The van der Waals surface area contributed by atoms with E-state index in [4.69, 9.17) is 14.5 Å². The lowest BCUT2D eigenvalue weighted by molar-refractivity contribution is -0.142. The zero-order valence-electron chi connectivity index (χ0n) is 35.7. The number of thioether (sulfide) groups is 1. The lowest BCUT2D eigenvalue weighted by Crippen LogP contribution is -2.62. The minimum Gasteiger partial charge on any atom is -0.369 e. The van der Waals surface area contributed by atoms with Gasteiger partial charge in [0.15, 0.2) is 0 Å². The summed E-state index contributed by atoms with van der Waals surface area (Å²) >= 11 is 1.33. The van der Waals surface area contributed by atoms with Gasteiger partial charge in [-0.05, 0) is 72.3 Å². The Morgan fingerprint density at radius 3 is 2.12 bits per heavy atom. The van der Waals surface area contributed by atoms with Crippen molar-refractivity contribution in [2.24, 2.45) is 10.9 Å². The predicted octanol–water partition coefficient (Wildman–Crippen LogP) is 2.59. The van der Waals surface area contributed by atoms with Crippen LogP contribution in [0, 0.1) is 5.92 Å². The van der Waals surface area contributed by atoms with E-state index in [9.17, 15) is 28.8 Å². The minimum atomic E-state index is -1.35. The van der Waals surface area contributed by atoms with E-state index in [1.165, 1.54) is 16.7 Å². The molecule has 3 aliphatic rings. The topological polar surface area (TPSA) is 197 Å². The maximum Gasteiger partial charge on any atom is 0.246 e. The van der Waals surface area contributed by atoms with Crippen molar-refractivity contribution in [2.45, 2.75) is 141 Å². The first-order valence-corrected chi connectivity index (χ1v) is 21.4. The van der Waals surface area contributed by atoms with Crippen LogP contribution >= 0.6 is 11.8 Å². The highest BCUT2D eigenvalue weighted by Gasteiger charge is 2.41. The molecule has 0 saturated carbocycles. The molecule has 16 heteroatoms. The van der Waals surface area contributed by atoms with Crippen molar-refractivity contribution in [2.75, 3.05) is 18.9 Å². The average Bonchev–Trinajstić information content (AvgIpc) is 3.91. The van der Waals surface area contributed by atoms with Gasteiger partial charge in [-0.25, -0.2) is 0 Å². The van der Waals surface area contributed by atoms with Crippen molar-refractivity contribution in [1.82, 2.24) is 31.5 Å². The molecule has 324 valence electrons. The van der Waals surface area contributed by atoms with Crippen molar-refractivity contribution in [3.8, 4) is 0 Å². The first kappa shape index (κ1) is 47.1. The van der Waals surface area contributed by atoms with Crippen LogP contribution in [0.3, 0.4) is 0 Å². The Hall–Kier alpha value is -4.54. The number of benzene rings is 1.